The lowest BCUT2D eigenvalue weighted by atomic mass is 10.1. The van der Waals surface area contributed by atoms with Crippen molar-refractivity contribution in [1.82, 2.24) is 5.16 Å². The molecule has 2 aromatic carbocycles. The molecular weight excluding hydrogens is 525 g/mol. The van der Waals surface area contributed by atoms with E-state index in [2.05, 4.69) is 9.89 Å². The van der Waals surface area contributed by atoms with Gasteiger partial charge in [0.05, 0.1) is 35.5 Å². The number of hydrogen-bond donors (Lipinski definition) is 0. The maximum Gasteiger partial charge on any atom is 0.416 e. The van der Waals surface area contributed by atoms with Crippen LogP contribution in [0.2, 0.25) is 0 Å². The summed E-state index contributed by atoms with van der Waals surface area (Å²) in [6.45, 7) is 5.40. The molecule has 12 heteroatoms. The number of carbonyl (C=O) groups is 1. The van der Waals surface area contributed by atoms with Gasteiger partial charge in [-0.05, 0) is 55.8 Å². The van der Waals surface area contributed by atoms with Crippen LogP contribution in [0, 0.1) is 13.8 Å². The minimum Gasteiger partial charge on any atom is -0.489 e. The molecule has 0 saturated carbocycles. The largest absolute Gasteiger partial charge is 0.489 e. The minimum absolute atomic E-state index is 0.0252. The molecule has 0 N–H and O–H groups in total. The summed E-state index contributed by atoms with van der Waals surface area (Å²) in [4.78, 5) is 9.52. The summed E-state index contributed by atoms with van der Waals surface area (Å²) < 4.78 is 81.8. The van der Waals surface area contributed by atoms with Gasteiger partial charge in [0.25, 0.3) is 10.0 Å². The predicted molar refractivity (Wildman–Crippen MR) is 135 cm³/mol. The zero-order valence-electron chi connectivity index (χ0n) is 21.2. The quantitative estimate of drug-likeness (QED) is 0.378. The molecule has 2 heterocycles. The first-order valence-electron chi connectivity index (χ1n) is 11.5. The summed E-state index contributed by atoms with van der Waals surface area (Å²) in [5, 5.41) is 3.89. The van der Waals surface area contributed by atoms with Crippen LogP contribution in [0.15, 0.2) is 51.9 Å². The third-order valence-electron chi connectivity index (χ3n) is 5.60. The van der Waals surface area contributed by atoms with E-state index in [1.54, 1.807) is 51.1 Å². The standard InChI is InChI=1S/C22H19F3N2O4S.C4H8O2/c1-14-19(15(2)31-26-14)8-6-16-7-9-21-20(12-16)27(10-11-30-21)32(28,29)18-5-3-4-17(13-18)22(23,24)25;1-3-4(5)6-2/h3-9,12-13H,10-11H2,1-2H3;3H2,1-2H3/b8-6+;. The number of alkyl halides is 3. The van der Waals surface area contributed by atoms with E-state index in [4.69, 9.17) is 9.26 Å². The normalized spacial score (nSPS) is 13.4. The molecule has 8 nitrogen and oxygen atoms in total. The molecule has 3 aromatic rings. The molecule has 0 aliphatic carbocycles. The lowest BCUT2D eigenvalue weighted by Crippen LogP contribution is -2.38. The Kier molecular flexibility index (Phi) is 8.87. The van der Waals surface area contributed by atoms with Gasteiger partial charge < -0.3 is 14.0 Å². The lowest BCUT2D eigenvalue weighted by molar-refractivity contribution is -0.140. The Labute approximate surface area is 218 Å². The second-order valence-corrected chi connectivity index (χ2v) is 10.0. The number of benzene rings is 2. The van der Waals surface area contributed by atoms with Crippen molar-refractivity contribution in [3.05, 3.63) is 70.6 Å². The Morgan fingerprint density at radius 2 is 1.89 bits per heavy atom. The summed E-state index contributed by atoms with van der Waals surface area (Å²) in [5.74, 6) is 0.824. The number of esters is 1. The average molecular weight is 553 g/mol. The molecular formula is C26H27F3N2O6S. The van der Waals surface area contributed by atoms with E-state index >= 15 is 0 Å². The molecule has 1 aromatic heterocycles. The summed E-state index contributed by atoms with van der Waals surface area (Å²) >= 11 is 0. The highest BCUT2D eigenvalue weighted by atomic mass is 32.2. The number of methoxy groups -OCH3 is 1. The number of carbonyl (C=O) groups excluding carboxylic acids is 1. The fourth-order valence-corrected chi connectivity index (χ4v) is 5.07. The van der Waals surface area contributed by atoms with Gasteiger partial charge in [-0.15, -0.1) is 0 Å². The molecule has 0 spiro atoms. The number of halogens is 3. The fourth-order valence-electron chi connectivity index (χ4n) is 3.58. The van der Waals surface area contributed by atoms with Crippen molar-refractivity contribution in [3.63, 3.8) is 0 Å². The zero-order chi connectivity index (χ0) is 28.1. The third kappa shape index (κ3) is 6.55. The van der Waals surface area contributed by atoms with Gasteiger partial charge in [-0.3, -0.25) is 9.10 Å². The monoisotopic (exact) mass is 552 g/mol. The Bertz CT molecular complexity index is 1410. The van der Waals surface area contributed by atoms with Gasteiger partial charge in [0.15, 0.2) is 0 Å². The van der Waals surface area contributed by atoms with E-state index in [1.165, 1.54) is 7.11 Å². The van der Waals surface area contributed by atoms with Gasteiger partial charge in [0.2, 0.25) is 0 Å². The molecule has 0 unspecified atom stereocenters. The number of rotatable bonds is 5. The number of hydrogen-bond acceptors (Lipinski definition) is 7. The second-order valence-electron chi connectivity index (χ2n) is 8.18. The van der Waals surface area contributed by atoms with Gasteiger partial charge in [-0.1, -0.05) is 30.3 Å². The summed E-state index contributed by atoms with van der Waals surface area (Å²) in [7, 11) is -2.86. The van der Waals surface area contributed by atoms with Crippen LogP contribution in [0.25, 0.3) is 12.2 Å². The molecule has 38 heavy (non-hydrogen) atoms. The summed E-state index contributed by atoms with van der Waals surface area (Å²) in [6.07, 6.45) is -0.601. The van der Waals surface area contributed by atoms with E-state index in [9.17, 15) is 26.4 Å². The molecule has 0 bridgehead atoms. The fraction of sp³-hybridized carbons (Fsp3) is 0.308. The van der Waals surface area contributed by atoms with Gasteiger partial charge >= 0.3 is 12.1 Å². The maximum absolute atomic E-state index is 13.2. The zero-order valence-corrected chi connectivity index (χ0v) is 22.0. The van der Waals surface area contributed by atoms with Crippen LogP contribution in [-0.2, 0) is 25.7 Å². The molecule has 1 aliphatic heterocycles. The van der Waals surface area contributed by atoms with E-state index in [1.807, 2.05) is 0 Å². The van der Waals surface area contributed by atoms with Gasteiger partial charge in [0.1, 0.15) is 18.1 Å². The number of aromatic nitrogens is 1. The molecule has 0 radical (unpaired) electrons. The first-order valence-corrected chi connectivity index (χ1v) is 13.0. The van der Waals surface area contributed by atoms with Gasteiger partial charge in [0, 0.05) is 12.0 Å². The van der Waals surface area contributed by atoms with E-state index < -0.39 is 26.7 Å². The SMILES string of the molecule is CCC(=O)OC.Cc1noc(C)c1/C=C/c1ccc2c(c1)N(S(=O)(=O)c1cccc(C(F)(F)F)c1)CCO2. The van der Waals surface area contributed by atoms with E-state index in [0.717, 1.165) is 28.1 Å². The van der Waals surface area contributed by atoms with Gasteiger partial charge in [-0.2, -0.15) is 13.2 Å². The van der Waals surface area contributed by atoms with Crippen molar-refractivity contribution in [2.75, 3.05) is 24.6 Å². The van der Waals surface area contributed by atoms with Crippen LogP contribution in [0.3, 0.4) is 0 Å². The van der Waals surface area contributed by atoms with Crippen LogP contribution in [-0.4, -0.2) is 39.8 Å². The number of nitrogens with zero attached hydrogens (tertiary/aromatic N) is 2. The Hall–Kier alpha value is -3.80. The first kappa shape index (κ1) is 28.8. The first-order chi connectivity index (χ1) is 17.9. The average Bonchev–Trinajstić information content (AvgIpc) is 3.23. The van der Waals surface area contributed by atoms with Crippen molar-refractivity contribution < 1.29 is 40.4 Å². The Balaban J connectivity index is 0.000000599. The number of ether oxygens (including phenoxy) is 2. The van der Waals surface area contributed by atoms with E-state index in [-0.39, 0.29) is 24.8 Å². The third-order valence-corrected chi connectivity index (χ3v) is 7.41. The molecule has 0 saturated heterocycles. The van der Waals surface area contributed by atoms with Gasteiger partial charge in [-0.25, -0.2) is 8.42 Å². The van der Waals surface area contributed by atoms with Crippen LogP contribution in [0.5, 0.6) is 5.75 Å². The lowest BCUT2D eigenvalue weighted by Gasteiger charge is -2.31. The second kappa shape index (κ2) is 11.7. The van der Waals surface area contributed by atoms with Crippen LogP contribution >= 0.6 is 0 Å². The topological polar surface area (TPSA) is 98.9 Å². The van der Waals surface area contributed by atoms with Crippen molar-refractivity contribution in [3.8, 4) is 5.75 Å². The Morgan fingerprint density at radius 1 is 1.16 bits per heavy atom. The molecule has 204 valence electrons. The van der Waals surface area contributed by atoms with Crippen molar-refractivity contribution in [1.29, 1.82) is 0 Å². The molecule has 0 fully saturated rings. The summed E-state index contributed by atoms with van der Waals surface area (Å²) in [6, 6.07) is 8.73. The van der Waals surface area contributed by atoms with Crippen LogP contribution in [0.4, 0.5) is 18.9 Å². The minimum atomic E-state index is -4.65. The Morgan fingerprint density at radius 3 is 2.47 bits per heavy atom. The molecule has 0 amide bonds. The van der Waals surface area contributed by atoms with Crippen LogP contribution in [0.1, 0.15) is 41.5 Å². The van der Waals surface area contributed by atoms with E-state index in [0.29, 0.717) is 35.3 Å². The highest BCUT2D eigenvalue weighted by Gasteiger charge is 2.34. The number of anilines is 1. The summed E-state index contributed by atoms with van der Waals surface area (Å²) in [5.41, 5.74) is 1.44. The maximum atomic E-state index is 13.2. The smallest absolute Gasteiger partial charge is 0.416 e. The molecule has 0 atom stereocenters. The highest BCUT2D eigenvalue weighted by Crippen LogP contribution is 2.38. The number of fused-ring (bicyclic) bond motifs is 1. The predicted octanol–water partition coefficient (Wildman–Crippen LogP) is 5.64. The van der Waals surface area contributed by atoms with Crippen molar-refractivity contribution >= 4 is 33.8 Å². The van der Waals surface area contributed by atoms with Crippen molar-refractivity contribution in [2.45, 2.75) is 38.3 Å². The number of sulfonamides is 1. The van der Waals surface area contributed by atoms with Crippen LogP contribution < -0.4 is 9.04 Å². The van der Waals surface area contributed by atoms with Crippen molar-refractivity contribution in [2.24, 2.45) is 0 Å². The molecule has 4 rings (SSSR count). The highest BCUT2D eigenvalue weighted by molar-refractivity contribution is 7.92. The number of aryl methyl sites for hydroxylation is 2. The molecule has 1 aliphatic rings.